The molecule has 0 aliphatic rings. The van der Waals surface area contributed by atoms with Crippen molar-refractivity contribution in [2.24, 2.45) is 0 Å². The van der Waals surface area contributed by atoms with E-state index in [-0.39, 0.29) is 4.90 Å². The molecule has 20 heavy (non-hydrogen) atoms. The molecule has 112 valence electrons. The highest BCUT2D eigenvalue weighted by atomic mass is 32.2. The number of rotatable bonds is 6. The van der Waals surface area contributed by atoms with Gasteiger partial charge in [-0.15, -0.1) is 0 Å². The van der Waals surface area contributed by atoms with Gasteiger partial charge in [-0.1, -0.05) is 37.3 Å². The quantitative estimate of drug-likeness (QED) is 0.874. The first kappa shape index (κ1) is 16.4. The molecular formula is C12H15F2NO4S. The summed E-state index contributed by atoms with van der Waals surface area (Å²) in [4.78, 5) is 11.4. The van der Waals surface area contributed by atoms with Crippen LogP contribution in [0.3, 0.4) is 0 Å². The molecule has 8 heteroatoms. The van der Waals surface area contributed by atoms with Gasteiger partial charge in [0.2, 0.25) is 0 Å². The number of halogens is 2. The van der Waals surface area contributed by atoms with Crippen LogP contribution in [0.5, 0.6) is 0 Å². The lowest BCUT2D eigenvalue weighted by atomic mass is 10.2. The third-order valence-electron chi connectivity index (χ3n) is 2.73. The Hall–Kier alpha value is -1.70. The lowest BCUT2D eigenvalue weighted by Crippen LogP contribution is -2.48. The molecule has 0 bridgehead atoms. The van der Waals surface area contributed by atoms with Gasteiger partial charge in [0.15, 0.2) is 15.2 Å². The average molecular weight is 307 g/mol. The molecular weight excluding hydrogens is 292 g/mol. The fraction of sp³-hybridized carbons (Fsp3) is 0.417. The number of carboxylic acid groups (broad SMARTS) is 1. The minimum Gasteiger partial charge on any atom is -0.465 e. The van der Waals surface area contributed by atoms with Crippen molar-refractivity contribution in [3.05, 3.63) is 35.9 Å². The Kier molecular flexibility index (Phi) is 5.43. The number of hydrogen-bond donors (Lipinski definition) is 1. The second-order valence-electron chi connectivity index (χ2n) is 4.07. The molecule has 1 aromatic carbocycles. The summed E-state index contributed by atoms with van der Waals surface area (Å²) in [5.74, 6) is -0.555. The van der Waals surface area contributed by atoms with Crippen LogP contribution in [0, 0.1) is 0 Å². The normalized spacial score (nSPS) is 13.2. The SMILES string of the molecule is CCS(=O)(=O)C(C(F)F)N(Cc1ccccc1)C(=O)O. The van der Waals surface area contributed by atoms with Crippen LogP contribution in [0.4, 0.5) is 13.6 Å². The molecule has 1 amide bonds. The zero-order valence-electron chi connectivity index (χ0n) is 10.7. The van der Waals surface area contributed by atoms with Crippen LogP contribution in [-0.4, -0.2) is 42.1 Å². The van der Waals surface area contributed by atoms with Gasteiger partial charge in [-0.25, -0.2) is 22.0 Å². The van der Waals surface area contributed by atoms with Gasteiger partial charge in [0.05, 0.1) is 6.54 Å². The molecule has 1 aromatic rings. The molecule has 0 spiro atoms. The van der Waals surface area contributed by atoms with Crippen molar-refractivity contribution >= 4 is 15.9 Å². The smallest absolute Gasteiger partial charge is 0.408 e. The summed E-state index contributed by atoms with van der Waals surface area (Å²) in [5.41, 5.74) is 0.437. The van der Waals surface area contributed by atoms with Gasteiger partial charge in [0, 0.05) is 5.75 Å². The first-order valence-electron chi connectivity index (χ1n) is 5.82. The van der Waals surface area contributed by atoms with Crippen molar-refractivity contribution in [1.82, 2.24) is 4.90 Å². The lowest BCUT2D eigenvalue weighted by molar-refractivity contribution is 0.0579. The van der Waals surface area contributed by atoms with Crippen LogP contribution in [0.1, 0.15) is 12.5 Å². The van der Waals surface area contributed by atoms with Crippen molar-refractivity contribution in [2.75, 3.05) is 5.75 Å². The standard InChI is InChI=1S/C12H15F2NO4S/c1-2-20(18,19)11(10(13)14)15(12(16)17)8-9-6-4-3-5-7-9/h3-7,10-11H,2,8H2,1H3,(H,16,17). The maximum atomic E-state index is 13.0. The summed E-state index contributed by atoms with van der Waals surface area (Å²) >= 11 is 0. The Labute approximate surface area is 115 Å². The maximum Gasteiger partial charge on any atom is 0.408 e. The van der Waals surface area contributed by atoms with E-state index in [0.29, 0.717) is 5.56 Å². The number of alkyl halides is 2. The average Bonchev–Trinajstić information content (AvgIpc) is 2.38. The van der Waals surface area contributed by atoms with E-state index < -0.39 is 40.0 Å². The Morgan fingerprint density at radius 3 is 2.25 bits per heavy atom. The van der Waals surface area contributed by atoms with Crippen molar-refractivity contribution in [3.63, 3.8) is 0 Å². The second kappa shape index (κ2) is 6.65. The van der Waals surface area contributed by atoms with E-state index in [0.717, 1.165) is 0 Å². The summed E-state index contributed by atoms with van der Waals surface area (Å²) in [6.45, 7) is 0.789. The molecule has 0 heterocycles. The number of amides is 1. The van der Waals surface area contributed by atoms with E-state index in [1.165, 1.54) is 19.1 Å². The predicted octanol–water partition coefficient (Wildman–Crippen LogP) is 2.19. The van der Waals surface area contributed by atoms with Gasteiger partial charge >= 0.3 is 6.09 Å². The lowest BCUT2D eigenvalue weighted by Gasteiger charge is -2.28. The van der Waals surface area contributed by atoms with Crippen LogP contribution >= 0.6 is 0 Å². The van der Waals surface area contributed by atoms with Gasteiger partial charge in [0.1, 0.15) is 0 Å². The monoisotopic (exact) mass is 307 g/mol. The van der Waals surface area contributed by atoms with Crippen molar-refractivity contribution in [1.29, 1.82) is 0 Å². The molecule has 0 saturated carbocycles. The Balaban J connectivity index is 3.14. The molecule has 0 aromatic heterocycles. The minimum atomic E-state index is -4.23. The first-order valence-corrected chi connectivity index (χ1v) is 7.54. The third kappa shape index (κ3) is 3.89. The van der Waals surface area contributed by atoms with Gasteiger partial charge in [-0.05, 0) is 5.56 Å². The zero-order valence-corrected chi connectivity index (χ0v) is 11.6. The molecule has 1 unspecified atom stereocenters. The Morgan fingerprint density at radius 1 is 1.30 bits per heavy atom. The van der Waals surface area contributed by atoms with Crippen LogP contribution in [0.25, 0.3) is 0 Å². The highest BCUT2D eigenvalue weighted by Crippen LogP contribution is 2.20. The van der Waals surface area contributed by atoms with Crippen molar-refractivity contribution in [3.8, 4) is 0 Å². The Morgan fingerprint density at radius 2 is 1.85 bits per heavy atom. The van der Waals surface area contributed by atoms with E-state index in [1.807, 2.05) is 0 Å². The highest BCUT2D eigenvalue weighted by molar-refractivity contribution is 7.92. The van der Waals surface area contributed by atoms with E-state index in [1.54, 1.807) is 18.2 Å². The topological polar surface area (TPSA) is 74.7 Å². The Bertz CT molecular complexity index is 548. The summed E-state index contributed by atoms with van der Waals surface area (Å²) in [7, 11) is -4.23. The molecule has 0 saturated heterocycles. The highest BCUT2D eigenvalue weighted by Gasteiger charge is 2.40. The molecule has 5 nitrogen and oxygen atoms in total. The molecule has 1 rings (SSSR count). The zero-order chi connectivity index (χ0) is 15.3. The van der Waals surface area contributed by atoms with Crippen LogP contribution in [0.15, 0.2) is 30.3 Å². The van der Waals surface area contributed by atoms with Crippen molar-refractivity contribution in [2.45, 2.75) is 25.3 Å². The molecule has 1 atom stereocenters. The van der Waals surface area contributed by atoms with E-state index in [4.69, 9.17) is 5.11 Å². The number of hydrogen-bond acceptors (Lipinski definition) is 3. The van der Waals surface area contributed by atoms with Crippen LogP contribution in [-0.2, 0) is 16.4 Å². The predicted molar refractivity (Wildman–Crippen MR) is 69.3 cm³/mol. The fourth-order valence-electron chi connectivity index (χ4n) is 1.70. The van der Waals surface area contributed by atoms with Crippen LogP contribution in [0.2, 0.25) is 0 Å². The van der Waals surface area contributed by atoms with E-state index in [9.17, 15) is 22.0 Å². The summed E-state index contributed by atoms with van der Waals surface area (Å²) < 4.78 is 49.4. The number of benzene rings is 1. The van der Waals surface area contributed by atoms with Gasteiger partial charge in [-0.3, -0.25) is 4.90 Å². The fourth-order valence-corrected chi connectivity index (χ4v) is 2.91. The first-order chi connectivity index (χ1) is 9.29. The minimum absolute atomic E-state index is 0.263. The van der Waals surface area contributed by atoms with E-state index in [2.05, 4.69) is 0 Å². The van der Waals surface area contributed by atoms with Gasteiger partial charge in [-0.2, -0.15) is 0 Å². The molecule has 0 aliphatic heterocycles. The summed E-state index contributed by atoms with van der Waals surface area (Å²) in [6, 6.07) is 7.98. The number of sulfone groups is 1. The van der Waals surface area contributed by atoms with Gasteiger partial charge in [0.25, 0.3) is 6.43 Å². The molecule has 0 aliphatic carbocycles. The molecule has 1 N–H and O–H groups in total. The maximum absolute atomic E-state index is 13.0. The summed E-state index contributed by atoms with van der Waals surface area (Å²) in [5, 5.41) is 6.68. The van der Waals surface area contributed by atoms with Crippen LogP contribution < -0.4 is 0 Å². The number of carbonyl (C=O) groups is 1. The number of nitrogens with zero attached hydrogens (tertiary/aromatic N) is 1. The third-order valence-corrected chi connectivity index (χ3v) is 4.74. The van der Waals surface area contributed by atoms with E-state index >= 15 is 0 Å². The largest absolute Gasteiger partial charge is 0.465 e. The summed E-state index contributed by atoms with van der Waals surface area (Å²) in [6.07, 6.45) is -5.00. The van der Waals surface area contributed by atoms with Gasteiger partial charge < -0.3 is 5.11 Å². The second-order valence-corrected chi connectivity index (χ2v) is 6.46. The molecule has 0 radical (unpaired) electrons. The van der Waals surface area contributed by atoms with Crippen molar-refractivity contribution < 1.29 is 27.1 Å². The molecule has 0 fully saturated rings.